The van der Waals surface area contributed by atoms with Crippen molar-refractivity contribution in [2.45, 2.75) is 45.2 Å². The van der Waals surface area contributed by atoms with Gasteiger partial charge < -0.3 is 14.6 Å². The molecule has 2 amide bonds. The summed E-state index contributed by atoms with van der Waals surface area (Å²) in [4.78, 5) is 28.5. The predicted molar refractivity (Wildman–Crippen MR) is 92.9 cm³/mol. The van der Waals surface area contributed by atoms with Crippen molar-refractivity contribution < 1.29 is 14.0 Å². The normalized spacial score (nSPS) is 28.0. The molecule has 0 saturated carbocycles. The molecule has 6 nitrogen and oxygen atoms in total. The standard InChI is InChI=1S/C19H27N3O3/c1-13-4-7-21(8-5-13)11-15-2-3-17(25-15)19(24)22-9-6-14-10-18(23)20-16(14)12-22/h2-3,13-14,16H,4-12H2,1H3,(H,20,23)/t14-,16-/m1/s1. The zero-order valence-electron chi connectivity index (χ0n) is 14.9. The van der Waals surface area contributed by atoms with Gasteiger partial charge in [-0.05, 0) is 56.3 Å². The van der Waals surface area contributed by atoms with Gasteiger partial charge in [-0.1, -0.05) is 6.92 Å². The first-order valence-corrected chi connectivity index (χ1v) is 9.48. The van der Waals surface area contributed by atoms with Gasteiger partial charge in [-0.25, -0.2) is 0 Å². The quantitative estimate of drug-likeness (QED) is 0.908. The van der Waals surface area contributed by atoms with Crippen LogP contribution in [0.1, 0.15) is 48.9 Å². The maximum absolute atomic E-state index is 12.7. The van der Waals surface area contributed by atoms with Crippen LogP contribution in [0.3, 0.4) is 0 Å². The zero-order chi connectivity index (χ0) is 17.4. The highest BCUT2D eigenvalue weighted by atomic mass is 16.4. The first kappa shape index (κ1) is 16.6. The lowest BCUT2D eigenvalue weighted by molar-refractivity contribution is -0.119. The van der Waals surface area contributed by atoms with Crippen LogP contribution in [0.2, 0.25) is 0 Å². The molecule has 1 aromatic rings. The molecule has 0 spiro atoms. The fourth-order valence-electron chi connectivity index (χ4n) is 4.27. The van der Waals surface area contributed by atoms with E-state index in [0.29, 0.717) is 31.2 Å². The predicted octanol–water partition coefficient (Wildman–Crippen LogP) is 1.86. The average Bonchev–Trinajstić information content (AvgIpc) is 3.21. The molecule has 4 heterocycles. The summed E-state index contributed by atoms with van der Waals surface area (Å²) in [5.41, 5.74) is 0. The maximum Gasteiger partial charge on any atom is 0.289 e. The van der Waals surface area contributed by atoms with E-state index in [2.05, 4.69) is 17.1 Å². The van der Waals surface area contributed by atoms with Crippen molar-refractivity contribution in [1.82, 2.24) is 15.1 Å². The molecule has 0 radical (unpaired) electrons. The molecule has 3 aliphatic heterocycles. The lowest BCUT2D eigenvalue weighted by atomic mass is 9.92. The van der Waals surface area contributed by atoms with E-state index in [4.69, 9.17) is 4.42 Å². The average molecular weight is 345 g/mol. The zero-order valence-corrected chi connectivity index (χ0v) is 14.9. The van der Waals surface area contributed by atoms with Crippen LogP contribution in [-0.4, -0.2) is 53.8 Å². The summed E-state index contributed by atoms with van der Waals surface area (Å²) < 4.78 is 5.84. The van der Waals surface area contributed by atoms with Crippen LogP contribution in [0, 0.1) is 11.8 Å². The largest absolute Gasteiger partial charge is 0.455 e. The number of rotatable bonds is 3. The molecule has 2 atom stereocenters. The second-order valence-corrected chi connectivity index (χ2v) is 7.90. The number of carbonyl (C=O) groups excluding carboxylic acids is 2. The molecule has 3 saturated heterocycles. The molecule has 0 aliphatic carbocycles. The highest BCUT2D eigenvalue weighted by Crippen LogP contribution is 2.27. The van der Waals surface area contributed by atoms with Crippen LogP contribution in [0.15, 0.2) is 16.5 Å². The van der Waals surface area contributed by atoms with Crippen LogP contribution < -0.4 is 5.32 Å². The Bertz CT molecular complexity index is 648. The van der Waals surface area contributed by atoms with Crippen molar-refractivity contribution in [2.75, 3.05) is 26.2 Å². The number of hydrogen-bond donors (Lipinski definition) is 1. The molecule has 0 unspecified atom stereocenters. The number of amides is 2. The van der Waals surface area contributed by atoms with Crippen molar-refractivity contribution in [3.05, 3.63) is 23.7 Å². The van der Waals surface area contributed by atoms with Crippen molar-refractivity contribution in [1.29, 1.82) is 0 Å². The number of piperidine rings is 2. The number of carbonyl (C=O) groups is 2. The van der Waals surface area contributed by atoms with Gasteiger partial charge in [0.2, 0.25) is 5.91 Å². The molecular weight excluding hydrogens is 318 g/mol. The number of hydrogen-bond acceptors (Lipinski definition) is 4. The topological polar surface area (TPSA) is 65.8 Å². The molecule has 4 rings (SSSR count). The molecule has 136 valence electrons. The molecule has 25 heavy (non-hydrogen) atoms. The summed E-state index contributed by atoms with van der Waals surface area (Å²) in [7, 11) is 0. The van der Waals surface area contributed by atoms with Gasteiger partial charge in [0.15, 0.2) is 5.76 Å². The third kappa shape index (κ3) is 3.59. The first-order valence-electron chi connectivity index (χ1n) is 9.48. The van der Waals surface area contributed by atoms with Crippen molar-refractivity contribution in [3.63, 3.8) is 0 Å². The summed E-state index contributed by atoms with van der Waals surface area (Å²) in [5.74, 6) is 2.53. The molecule has 3 fully saturated rings. The SMILES string of the molecule is CC1CCN(Cc2ccc(C(=O)N3CC[C@@H]4CC(=O)N[C@@H]4C3)o2)CC1. The lowest BCUT2D eigenvalue weighted by Crippen LogP contribution is -2.49. The minimum Gasteiger partial charge on any atom is -0.455 e. The van der Waals surface area contributed by atoms with E-state index in [1.54, 1.807) is 6.07 Å². The van der Waals surface area contributed by atoms with Gasteiger partial charge in [0.05, 0.1) is 6.54 Å². The number of likely N-dealkylation sites (tertiary alicyclic amines) is 2. The summed E-state index contributed by atoms with van der Waals surface area (Å²) in [6.07, 6.45) is 3.95. The Morgan fingerprint density at radius 2 is 2.04 bits per heavy atom. The monoisotopic (exact) mass is 345 g/mol. The van der Waals surface area contributed by atoms with Crippen LogP contribution >= 0.6 is 0 Å². The first-order chi connectivity index (χ1) is 12.1. The van der Waals surface area contributed by atoms with Crippen molar-refractivity contribution in [3.8, 4) is 0 Å². The highest BCUT2D eigenvalue weighted by molar-refractivity contribution is 5.91. The molecule has 3 aliphatic rings. The van der Waals surface area contributed by atoms with Gasteiger partial charge in [-0.2, -0.15) is 0 Å². The summed E-state index contributed by atoms with van der Waals surface area (Å²) >= 11 is 0. The molecule has 0 bridgehead atoms. The van der Waals surface area contributed by atoms with Gasteiger partial charge in [-0.15, -0.1) is 0 Å². The van der Waals surface area contributed by atoms with Gasteiger partial charge in [0, 0.05) is 25.6 Å². The highest BCUT2D eigenvalue weighted by Gasteiger charge is 2.38. The lowest BCUT2D eigenvalue weighted by Gasteiger charge is -2.33. The number of fused-ring (bicyclic) bond motifs is 1. The maximum atomic E-state index is 12.7. The van der Waals surface area contributed by atoms with E-state index >= 15 is 0 Å². The third-order valence-electron chi connectivity index (χ3n) is 5.97. The van der Waals surface area contributed by atoms with E-state index in [-0.39, 0.29) is 17.9 Å². The summed E-state index contributed by atoms with van der Waals surface area (Å²) in [6.45, 7) is 6.57. The second-order valence-electron chi connectivity index (χ2n) is 7.90. The molecular formula is C19H27N3O3. The van der Waals surface area contributed by atoms with Gasteiger partial charge in [-0.3, -0.25) is 14.5 Å². The van der Waals surface area contributed by atoms with E-state index in [0.717, 1.165) is 37.7 Å². The number of nitrogens with zero attached hydrogens (tertiary/aromatic N) is 2. The third-order valence-corrected chi connectivity index (χ3v) is 5.97. The summed E-state index contributed by atoms with van der Waals surface area (Å²) in [6, 6.07) is 3.83. The Balaban J connectivity index is 1.35. The Labute approximate surface area is 148 Å². The van der Waals surface area contributed by atoms with Gasteiger partial charge in [0.1, 0.15) is 5.76 Å². The van der Waals surface area contributed by atoms with Gasteiger partial charge in [0.25, 0.3) is 5.91 Å². The van der Waals surface area contributed by atoms with E-state index < -0.39 is 0 Å². The Morgan fingerprint density at radius 3 is 2.84 bits per heavy atom. The van der Waals surface area contributed by atoms with Crippen molar-refractivity contribution in [2.24, 2.45) is 11.8 Å². The second kappa shape index (κ2) is 6.83. The van der Waals surface area contributed by atoms with Crippen molar-refractivity contribution >= 4 is 11.8 Å². The Kier molecular flexibility index (Phi) is 4.54. The fourth-order valence-corrected chi connectivity index (χ4v) is 4.27. The summed E-state index contributed by atoms with van der Waals surface area (Å²) in [5, 5.41) is 2.98. The van der Waals surface area contributed by atoms with Gasteiger partial charge >= 0.3 is 0 Å². The number of nitrogens with one attached hydrogen (secondary N) is 1. The fraction of sp³-hybridized carbons (Fsp3) is 0.684. The minimum atomic E-state index is -0.0573. The molecule has 1 N–H and O–H groups in total. The number of furan rings is 1. The molecule has 0 aromatic carbocycles. The molecule has 1 aromatic heterocycles. The molecule has 6 heteroatoms. The van der Waals surface area contributed by atoms with Crippen LogP contribution in [0.25, 0.3) is 0 Å². The van der Waals surface area contributed by atoms with E-state index in [9.17, 15) is 9.59 Å². The van der Waals surface area contributed by atoms with E-state index in [1.807, 2.05) is 11.0 Å². The Hall–Kier alpha value is -1.82. The Morgan fingerprint density at radius 1 is 1.24 bits per heavy atom. The smallest absolute Gasteiger partial charge is 0.289 e. The van der Waals surface area contributed by atoms with Crippen LogP contribution in [0.5, 0.6) is 0 Å². The minimum absolute atomic E-state index is 0.0573. The van der Waals surface area contributed by atoms with E-state index in [1.165, 1.54) is 12.8 Å². The van der Waals surface area contributed by atoms with Crippen LogP contribution in [0.4, 0.5) is 0 Å². The van der Waals surface area contributed by atoms with Crippen LogP contribution in [-0.2, 0) is 11.3 Å².